The van der Waals surface area contributed by atoms with Gasteiger partial charge in [-0.05, 0) is 24.1 Å². The van der Waals surface area contributed by atoms with E-state index in [1.54, 1.807) is 18.2 Å². The lowest BCUT2D eigenvalue weighted by atomic mass is 10.1. The SMILES string of the molecule is CC(C)C(CN)S(=O)(=O)c1cccc(Cl)c1. The van der Waals surface area contributed by atoms with Crippen LogP contribution < -0.4 is 5.73 Å². The molecule has 90 valence electrons. The van der Waals surface area contributed by atoms with E-state index < -0.39 is 15.1 Å². The van der Waals surface area contributed by atoms with Crippen LogP contribution in [0.25, 0.3) is 0 Å². The Balaban J connectivity index is 3.20. The van der Waals surface area contributed by atoms with Crippen molar-refractivity contribution in [2.24, 2.45) is 11.7 Å². The van der Waals surface area contributed by atoms with Gasteiger partial charge in [-0.1, -0.05) is 31.5 Å². The number of hydrogen-bond acceptors (Lipinski definition) is 3. The van der Waals surface area contributed by atoms with Gasteiger partial charge in [0.1, 0.15) is 0 Å². The van der Waals surface area contributed by atoms with Crippen molar-refractivity contribution in [3.05, 3.63) is 29.3 Å². The minimum Gasteiger partial charge on any atom is -0.329 e. The van der Waals surface area contributed by atoms with E-state index in [0.717, 1.165) is 0 Å². The lowest BCUT2D eigenvalue weighted by Gasteiger charge is -2.19. The molecule has 1 atom stereocenters. The highest BCUT2D eigenvalue weighted by Crippen LogP contribution is 2.23. The number of nitrogens with two attached hydrogens (primary N) is 1. The molecule has 0 amide bonds. The first-order chi connectivity index (χ1) is 7.39. The third-order valence-electron chi connectivity index (χ3n) is 2.50. The topological polar surface area (TPSA) is 60.2 Å². The molecular weight excluding hydrogens is 246 g/mol. The molecule has 0 saturated carbocycles. The fourth-order valence-electron chi connectivity index (χ4n) is 1.58. The van der Waals surface area contributed by atoms with Crippen LogP contribution in [-0.4, -0.2) is 20.2 Å². The Bertz CT molecular complexity index is 457. The molecule has 0 bridgehead atoms. The van der Waals surface area contributed by atoms with E-state index >= 15 is 0 Å². The van der Waals surface area contributed by atoms with E-state index in [4.69, 9.17) is 17.3 Å². The Hall–Kier alpha value is -0.580. The van der Waals surface area contributed by atoms with Crippen molar-refractivity contribution in [1.29, 1.82) is 0 Å². The second-order valence-electron chi connectivity index (χ2n) is 4.02. The molecule has 3 nitrogen and oxygen atoms in total. The Labute approximate surface area is 102 Å². The lowest BCUT2D eigenvalue weighted by molar-refractivity contribution is 0.533. The molecule has 0 aliphatic carbocycles. The highest BCUT2D eigenvalue weighted by atomic mass is 35.5. The van der Waals surface area contributed by atoms with Crippen molar-refractivity contribution < 1.29 is 8.42 Å². The summed E-state index contributed by atoms with van der Waals surface area (Å²) >= 11 is 5.78. The molecule has 0 fully saturated rings. The summed E-state index contributed by atoms with van der Waals surface area (Å²) in [5.74, 6) is -0.0195. The third-order valence-corrected chi connectivity index (χ3v) is 5.18. The van der Waals surface area contributed by atoms with E-state index in [-0.39, 0.29) is 17.4 Å². The third kappa shape index (κ3) is 2.75. The van der Waals surface area contributed by atoms with Gasteiger partial charge in [0.25, 0.3) is 0 Å². The predicted molar refractivity (Wildman–Crippen MR) is 66.3 cm³/mol. The first kappa shape index (κ1) is 13.5. The summed E-state index contributed by atoms with van der Waals surface area (Å²) < 4.78 is 24.4. The average Bonchev–Trinajstić information content (AvgIpc) is 2.17. The molecule has 16 heavy (non-hydrogen) atoms. The molecule has 1 aromatic carbocycles. The number of benzene rings is 1. The Morgan fingerprint density at radius 1 is 1.38 bits per heavy atom. The largest absolute Gasteiger partial charge is 0.329 e. The van der Waals surface area contributed by atoms with Gasteiger partial charge >= 0.3 is 0 Å². The Kier molecular flexibility index (Phi) is 4.35. The molecule has 1 unspecified atom stereocenters. The minimum atomic E-state index is -3.38. The van der Waals surface area contributed by atoms with E-state index in [1.807, 2.05) is 13.8 Å². The summed E-state index contributed by atoms with van der Waals surface area (Å²) in [5.41, 5.74) is 5.52. The van der Waals surface area contributed by atoms with Crippen LogP contribution in [0.2, 0.25) is 5.02 Å². The zero-order chi connectivity index (χ0) is 12.3. The van der Waals surface area contributed by atoms with Crippen molar-refractivity contribution >= 4 is 21.4 Å². The summed E-state index contributed by atoms with van der Waals surface area (Å²) in [5, 5.41) is -0.147. The molecule has 1 rings (SSSR count). The van der Waals surface area contributed by atoms with Crippen LogP contribution in [0, 0.1) is 5.92 Å². The quantitative estimate of drug-likeness (QED) is 0.903. The molecule has 5 heteroatoms. The molecule has 0 heterocycles. The van der Waals surface area contributed by atoms with Gasteiger partial charge in [0.05, 0.1) is 10.1 Å². The van der Waals surface area contributed by atoms with Crippen LogP contribution >= 0.6 is 11.6 Å². The first-order valence-corrected chi connectivity index (χ1v) is 7.01. The van der Waals surface area contributed by atoms with E-state index in [1.165, 1.54) is 6.07 Å². The lowest BCUT2D eigenvalue weighted by Crippen LogP contribution is -2.34. The monoisotopic (exact) mass is 261 g/mol. The van der Waals surface area contributed by atoms with Crippen molar-refractivity contribution in [3.63, 3.8) is 0 Å². The van der Waals surface area contributed by atoms with E-state index in [2.05, 4.69) is 0 Å². The molecule has 0 aliphatic rings. The summed E-state index contributed by atoms with van der Waals surface area (Å²) in [6.07, 6.45) is 0. The molecule has 2 N–H and O–H groups in total. The molecule has 0 aliphatic heterocycles. The zero-order valence-corrected chi connectivity index (χ0v) is 10.9. The molecule has 1 aromatic rings. The van der Waals surface area contributed by atoms with Crippen LogP contribution in [-0.2, 0) is 9.84 Å². The maximum Gasteiger partial charge on any atom is 0.182 e. The van der Waals surface area contributed by atoms with Crippen molar-refractivity contribution in [1.82, 2.24) is 0 Å². The summed E-state index contributed by atoms with van der Waals surface area (Å²) in [4.78, 5) is 0.240. The van der Waals surface area contributed by atoms with Crippen molar-refractivity contribution in [3.8, 4) is 0 Å². The second kappa shape index (κ2) is 5.17. The van der Waals surface area contributed by atoms with Gasteiger partial charge in [0, 0.05) is 11.6 Å². The summed E-state index contributed by atoms with van der Waals surface area (Å²) in [6, 6.07) is 6.28. The van der Waals surface area contributed by atoms with Crippen LogP contribution in [0.5, 0.6) is 0 Å². The summed E-state index contributed by atoms with van der Waals surface area (Å²) in [7, 11) is -3.38. The zero-order valence-electron chi connectivity index (χ0n) is 9.35. The highest BCUT2D eigenvalue weighted by molar-refractivity contribution is 7.92. The average molecular weight is 262 g/mol. The van der Waals surface area contributed by atoms with Gasteiger partial charge in [-0.3, -0.25) is 0 Å². The fraction of sp³-hybridized carbons (Fsp3) is 0.455. The number of sulfone groups is 1. The maximum absolute atomic E-state index is 12.2. The standard InChI is InChI=1S/C11H16ClNO2S/c1-8(2)11(7-13)16(14,15)10-5-3-4-9(12)6-10/h3-6,8,11H,7,13H2,1-2H3. The van der Waals surface area contributed by atoms with Crippen LogP contribution in [0.4, 0.5) is 0 Å². The predicted octanol–water partition coefficient (Wildman–Crippen LogP) is 2.10. The Morgan fingerprint density at radius 3 is 2.44 bits per heavy atom. The molecule has 0 aromatic heterocycles. The smallest absolute Gasteiger partial charge is 0.182 e. The van der Waals surface area contributed by atoms with Gasteiger partial charge in [0.15, 0.2) is 9.84 Å². The first-order valence-electron chi connectivity index (χ1n) is 5.09. The maximum atomic E-state index is 12.2. The van der Waals surface area contributed by atoms with Gasteiger partial charge in [0.2, 0.25) is 0 Å². The van der Waals surface area contributed by atoms with Crippen LogP contribution in [0.15, 0.2) is 29.2 Å². The van der Waals surface area contributed by atoms with E-state index in [9.17, 15) is 8.42 Å². The van der Waals surface area contributed by atoms with Crippen molar-refractivity contribution in [2.75, 3.05) is 6.54 Å². The van der Waals surface area contributed by atoms with E-state index in [0.29, 0.717) is 5.02 Å². The Morgan fingerprint density at radius 2 is 2.00 bits per heavy atom. The highest BCUT2D eigenvalue weighted by Gasteiger charge is 2.28. The second-order valence-corrected chi connectivity index (χ2v) is 6.62. The molecule has 0 radical (unpaired) electrons. The molecule has 0 spiro atoms. The molecular formula is C11H16ClNO2S. The van der Waals surface area contributed by atoms with Crippen molar-refractivity contribution in [2.45, 2.75) is 24.0 Å². The van der Waals surface area contributed by atoms with Gasteiger partial charge in [-0.2, -0.15) is 0 Å². The number of rotatable bonds is 4. The minimum absolute atomic E-state index is 0.0195. The van der Waals surface area contributed by atoms with Crippen LogP contribution in [0.1, 0.15) is 13.8 Å². The van der Waals surface area contributed by atoms with Gasteiger partial charge in [-0.25, -0.2) is 8.42 Å². The fourth-order valence-corrected chi connectivity index (χ4v) is 3.71. The normalized spacial score (nSPS) is 14.1. The van der Waals surface area contributed by atoms with Gasteiger partial charge < -0.3 is 5.73 Å². The number of hydrogen-bond donors (Lipinski definition) is 1. The molecule has 0 saturated heterocycles. The van der Waals surface area contributed by atoms with Gasteiger partial charge in [-0.15, -0.1) is 0 Å². The van der Waals surface area contributed by atoms with Crippen LogP contribution in [0.3, 0.4) is 0 Å². The summed E-state index contributed by atoms with van der Waals surface area (Å²) in [6.45, 7) is 3.81. The number of halogens is 1.